The van der Waals surface area contributed by atoms with E-state index in [4.69, 9.17) is 14.2 Å². The van der Waals surface area contributed by atoms with Gasteiger partial charge in [0.05, 0.1) is 27.3 Å². The number of methoxy groups -OCH3 is 3. The summed E-state index contributed by atoms with van der Waals surface area (Å²) in [5.74, 6) is 3.58. The molecule has 0 fully saturated rings. The number of guanidine groups is 1. The molecule has 10 nitrogen and oxygen atoms in total. The molecule has 0 saturated carbocycles. The molecule has 0 amide bonds. The van der Waals surface area contributed by atoms with Crippen molar-refractivity contribution in [2.75, 3.05) is 34.4 Å². The van der Waals surface area contributed by atoms with E-state index in [1.165, 1.54) is 0 Å². The monoisotopic (exact) mass is 560 g/mol. The number of fused-ring (bicyclic) bond motifs is 1. The second-order valence-corrected chi connectivity index (χ2v) is 7.28. The molecule has 2 aromatic rings. The summed E-state index contributed by atoms with van der Waals surface area (Å²) in [5.41, 5.74) is 0.636. The van der Waals surface area contributed by atoms with Crippen LogP contribution in [-0.2, 0) is 24.3 Å². The third-order valence-corrected chi connectivity index (χ3v) is 5.08. The number of aromatic nitrogens is 3. The van der Waals surface area contributed by atoms with Crippen molar-refractivity contribution in [3.63, 3.8) is 0 Å². The molecular formula is C21H33IN6O4. The maximum Gasteiger partial charge on any atom is 0.191 e. The van der Waals surface area contributed by atoms with Crippen LogP contribution in [0.2, 0.25) is 0 Å². The number of nitrogens with one attached hydrogen (secondary N) is 2. The van der Waals surface area contributed by atoms with E-state index in [0.29, 0.717) is 48.5 Å². The lowest BCUT2D eigenvalue weighted by atomic mass is 10.1. The van der Waals surface area contributed by atoms with Crippen LogP contribution in [0.4, 0.5) is 0 Å². The SMILES string of the molecule is CCNC(=NCC(O)c1cc(OC)ccc1OC)NC1CCc2nc(COC)nn2C1.I. The minimum absolute atomic E-state index is 0. The molecule has 1 aliphatic heterocycles. The first-order valence-electron chi connectivity index (χ1n) is 10.4. The maximum atomic E-state index is 10.7. The molecule has 3 rings (SSSR count). The van der Waals surface area contributed by atoms with Crippen molar-refractivity contribution in [3.8, 4) is 11.5 Å². The van der Waals surface area contributed by atoms with Crippen molar-refractivity contribution < 1.29 is 19.3 Å². The summed E-state index contributed by atoms with van der Waals surface area (Å²) in [6.07, 6.45) is 0.921. The number of aryl methyl sites for hydroxylation is 1. The third-order valence-electron chi connectivity index (χ3n) is 5.08. The molecule has 2 unspecified atom stereocenters. The Morgan fingerprint density at radius 3 is 2.81 bits per heavy atom. The number of halogens is 1. The van der Waals surface area contributed by atoms with Gasteiger partial charge < -0.3 is 30.0 Å². The summed E-state index contributed by atoms with van der Waals surface area (Å²) >= 11 is 0. The van der Waals surface area contributed by atoms with E-state index in [9.17, 15) is 5.11 Å². The predicted octanol–water partition coefficient (Wildman–Crippen LogP) is 1.66. The Bertz CT molecular complexity index is 891. The minimum Gasteiger partial charge on any atom is -0.497 e. The number of hydrogen-bond donors (Lipinski definition) is 3. The summed E-state index contributed by atoms with van der Waals surface area (Å²) in [5, 5.41) is 21.9. The average molecular weight is 560 g/mol. The predicted molar refractivity (Wildman–Crippen MR) is 132 cm³/mol. The van der Waals surface area contributed by atoms with Gasteiger partial charge in [-0.05, 0) is 31.5 Å². The average Bonchev–Trinajstić information content (AvgIpc) is 3.18. The van der Waals surface area contributed by atoms with Gasteiger partial charge in [-0.25, -0.2) is 9.67 Å². The molecule has 11 heteroatoms. The molecule has 0 spiro atoms. The number of hydrogen-bond acceptors (Lipinski definition) is 7. The molecule has 178 valence electrons. The molecule has 0 aliphatic carbocycles. The Morgan fingerprint density at radius 2 is 2.12 bits per heavy atom. The molecular weight excluding hydrogens is 527 g/mol. The van der Waals surface area contributed by atoms with Crippen LogP contribution in [0.3, 0.4) is 0 Å². The van der Waals surface area contributed by atoms with Crippen molar-refractivity contribution >= 4 is 29.9 Å². The summed E-state index contributed by atoms with van der Waals surface area (Å²) in [6, 6.07) is 5.50. The topological polar surface area (TPSA) is 115 Å². The Hall–Kier alpha value is -2.12. The van der Waals surface area contributed by atoms with Crippen LogP contribution in [0.5, 0.6) is 11.5 Å². The van der Waals surface area contributed by atoms with Crippen molar-refractivity contribution in [1.29, 1.82) is 0 Å². The highest BCUT2D eigenvalue weighted by molar-refractivity contribution is 14.0. The van der Waals surface area contributed by atoms with E-state index in [2.05, 4.69) is 25.7 Å². The normalized spacial score (nSPS) is 16.5. The Balaban J connectivity index is 0.00000363. The van der Waals surface area contributed by atoms with Gasteiger partial charge in [-0.15, -0.1) is 24.0 Å². The first-order valence-corrected chi connectivity index (χ1v) is 10.4. The third kappa shape index (κ3) is 6.69. The highest BCUT2D eigenvalue weighted by Crippen LogP contribution is 2.29. The van der Waals surface area contributed by atoms with E-state index in [1.54, 1.807) is 39.5 Å². The molecule has 0 bridgehead atoms. The highest BCUT2D eigenvalue weighted by atomic mass is 127. The Kier molecular flexibility index (Phi) is 10.5. The molecule has 0 saturated heterocycles. The molecule has 1 aliphatic rings. The van der Waals surface area contributed by atoms with E-state index >= 15 is 0 Å². The summed E-state index contributed by atoms with van der Waals surface area (Å²) < 4.78 is 17.7. The zero-order valence-corrected chi connectivity index (χ0v) is 21.3. The van der Waals surface area contributed by atoms with Gasteiger partial charge in [-0.2, -0.15) is 5.10 Å². The number of nitrogens with zero attached hydrogens (tertiary/aromatic N) is 4. The largest absolute Gasteiger partial charge is 0.497 e. The summed E-state index contributed by atoms with van der Waals surface area (Å²) in [6.45, 7) is 4.00. The van der Waals surface area contributed by atoms with Crippen LogP contribution in [-0.4, -0.2) is 66.3 Å². The van der Waals surface area contributed by atoms with Crippen LogP contribution >= 0.6 is 24.0 Å². The van der Waals surface area contributed by atoms with Gasteiger partial charge in [0.25, 0.3) is 0 Å². The van der Waals surface area contributed by atoms with Gasteiger partial charge in [0.15, 0.2) is 11.8 Å². The van der Waals surface area contributed by atoms with Gasteiger partial charge in [-0.3, -0.25) is 4.99 Å². The zero-order chi connectivity index (χ0) is 22.2. The number of benzene rings is 1. The van der Waals surface area contributed by atoms with Gasteiger partial charge in [0, 0.05) is 31.7 Å². The van der Waals surface area contributed by atoms with E-state index in [1.807, 2.05) is 11.6 Å². The molecule has 1 aromatic carbocycles. The van der Waals surface area contributed by atoms with Crippen molar-refractivity contribution in [2.24, 2.45) is 4.99 Å². The second kappa shape index (κ2) is 12.8. The lowest BCUT2D eigenvalue weighted by Gasteiger charge is -2.25. The standard InChI is InChI=1S/C21H32N6O4.HI/c1-5-22-21(23-11-17(28)16-10-15(30-3)7-8-18(16)31-4)24-14-6-9-20-25-19(13-29-2)26-27(20)12-14;/h7-8,10,14,17,28H,5-6,9,11-13H2,1-4H3,(H2,22,23,24);1H. The van der Waals surface area contributed by atoms with Crippen molar-refractivity contribution in [2.45, 2.75) is 45.1 Å². The van der Waals surface area contributed by atoms with E-state index in [0.717, 1.165) is 18.7 Å². The van der Waals surface area contributed by atoms with E-state index in [-0.39, 0.29) is 36.6 Å². The van der Waals surface area contributed by atoms with Crippen LogP contribution in [0.25, 0.3) is 0 Å². The fourth-order valence-corrected chi connectivity index (χ4v) is 3.56. The van der Waals surface area contributed by atoms with Gasteiger partial charge >= 0.3 is 0 Å². The fourth-order valence-electron chi connectivity index (χ4n) is 3.56. The number of rotatable bonds is 9. The first-order chi connectivity index (χ1) is 15.1. The lowest BCUT2D eigenvalue weighted by molar-refractivity contribution is 0.177. The van der Waals surface area contributed by atoms with Gasteiger partial charge in [0.2, 0.25) is 0 Å². The fraction of sp³-hybridized carbons (Fsp3) is 0.571. The first kappa shape index (κ1) is 26.1. The number of aliphatic hydroxyl groups is 1. The van der Waals surface area contributed by atoms with Crippen molar-refractivity contribution in [1.82, 2.24) is 25.4 Å². The Morgan fingerprint density at radius 1 is 1.31 bits per heavy atom. The van der Waals surface area contributed by atoms with Crippen LogP contribution in [0, 0.1) is 0 Å². The molecule has 0 radical (unpaired) electrons. The highest BCUT2D eigenvalue weighted by Gasteiger charge is 2.23. The quantitative estimate of drug-likeness (QED) is 0.241. The van der Waals surface area contributed by atoms with Crippen LogP contribution in [0.1, 0.15) is 36.7 Å². The zero-order valence-electron chi connectivity index (χ0n) is 19.0. The Labute approximate surface area is 205 Å². The summed E-state index contributed by atoms with van der Waals surface area (Å²) in [7, 11) is 4.80. The van der Waals surface area contributed by atoms with Gasteiger partial charge in [0.1, 0.15) is 30.0 Å². The van der Waals surface area contributed by atoms with Crippen LogP contribution in [0.15, 0.2) is 23.2 Å². The number of aliphatic imine (C=N–C) groups is 1. The molecule has 32 heavy (non-hydrogen) atoms. The number of ether oxygens (including phenoxy) is 3. The smallest absolute Gasteiger partial charge is 0.191 e. The molecule has 1 aromatic heterocycles. The molecule has 2 heterocycles. The number of aliphatic hydroxyl groups excluding tert-OH is 1. The lowest BCUT2D eigenvalue weighted by Crippen LogP contribution is -2.47. The second-order valence-electron chi connectivity index (χ2n) is 7.28. The minimum atomic E-state index is -0.828. The summed E-state index contributed by atoms with van der Waals surface area (Å²) in [4.78, 5) is 9.10. The van der Waals surface area contributed by atoms with Crippen LogP contribution < -0.4 is 20.1 Å². The van der Waals surface area contributed by atoms with Gasteiger partial charge in [-0.1, -0.05) is 0 Å². The molecule has 2 atom stereocenters. The van der Waals surface area contributed by atoms with E-state index < -0.39 is 6.10 Å². The van der Waals surface area contributed by atoms with Crippen molar-refractivity contribution in [3.05, 3.63) is 35.4 Å². The molecule has 3 N–H and O–H groups in total. The maximum absolute atomic E-state index is 10.7.